The monoisotopic (exact) mass is 288 g/mol. The highest BCUT2D eigenvalue weighted by Gasteiger charge is 2.51. The van der Waals surface area contributed by atoms with Crippen molar-refractivity contribution < 1.29 is 9.31 Å². The Labute approximate surface area is 127 Å². The molecule has 4 nitrogen and oxygen atoms in total. The van der Waals surface area contributed by atoms with Gasteiger partial charge in [0.1, 0.15) is 0 Å². The first-order chi connectivity index (χ1) is 9.71. The quantitative estimate of drug-likeness (QED) is 0.804. The van der Waals surface area contributed by atoms with Crippen LogP contribution in [-0.2, 0) is 9.31 Å². The van der Waals surface area contributed by atoms with E-state index in [1.54, 1.807) is 0 Å². The maximum absolute atomic E-state index is 6.13. The van der Waals surface area contributed by atoms with Crippen molar-refractivity contribution >= 4 is 24.0 Å². The van der Waals surface area contributed by atoms with Crippen LogP contribution in [0.3, 0.4) is 0 Å². The van der Waals surface area contributed by atoms with Crippen LogP contribution in [0, 0.1) is 0 Å². The summed E-state index contributed by atoms with van der Waals surface area (Å²) in [5.74, 6) is 0. The van der Waals surface area contributed by atoms with Gasteiger partial charge in [-0.15, -0.1) is 0 Å². The van der Waals surface area contributed by atoms with Gasteiger partial charge in [0, 0.05) is 19.6 Å². The Balaban J connectivity index is 1.89. The maximum Gasteiger partial charge on any atom is 0.494 e. The number of benzene rings is 1. The van der Waals surface area contributed by atoms with Gasteiger partial charge in [-0.05, 0) is 52.2 Å². The van der Waals surface area contributed by atoms with Crippen LogP contribution in [0.25, 0.3) is 0 Å². The molecule has 2 heterocycles. The summed E-state index contributed by atoms with van der Waals surface area (Å²) >= 11 is 0. The lowest BCUT2D eigenvalue weighted by atomic mass is 9.78. The van der Waals surface area contributed by atoms with E-state index in [2.05, 4.69) is 70.1 Å². The second-order valence-corrected chi connectivity index (χ2v) is 7.21. The first-order valence-corrected chi connectivity index (χ1v) is 7.67. The molecule has 1 saturated heterocycles. The average Bonchev–Trinajstić information content (AvgIpc) is 2.63. The van der Waals surface area contributed by atoms with Crippen LogP contribution in [0.2, 0.25) is 0 Å². The predicted octanol–water partition coefficient (Wildman–Crippen LogP) is 2.24. The highest BCUT2D eigenvalue weighted by molar-refractivity contribution is 6.62. The third kappa shape index (κ3) is 2.32. The molecule has 1 fully saturated rings. The van der Waals surface area contributed by atoms with E-state index in [4.69, 9.17) is 9.31 Å². The number of nitrogens with one attached hydrogen (secondary N) is 1. The van der Waals surface area contributed by atoms with Gasteiger partial charge >= 0.3 is 7.12 Å². The summed E-state index contributed by atoms with van der Waals surface area (Å²) in [6.45, 7) is 11.5. The Bertz CT molecular complexity index is 543. The molecule has 1 aromatic carbocycles. The predicted molar refractivity (Wildman–Crippen MR) is 88.5 cm³/mol. The van der Waals surface area contributed by atoms with Gasteiger partial charge in [0.15, 0.2) is 0 Å². The molecule has 2 aliphatic rings. The second kappa shape index (κ2) is 4.65. The van der Waals surface area contributed by atoms with E-state index in [1.807, 2.05) is 0 Å². The Morgan fingerprint density at radius 3 is 2.43 bits per heavy atom. The molecule has 5 heteroatoms. The van der Waals surface area contributed by atoms with Crippen molar-refractivity contribution in [3.8, 4) is 0 Å². The van der Waals surface area contributed by atoms with Crippen LogP contribution >= 0.6 is 0 Å². The van der Waals surface area contributed by atoms with E-state index >= 15 is 0 Å². The Morgan fingerprint density at radius 2 is 1.81 bits per heavy atom. The lowest BCUT2D eigenvalue weighted by Crippen LogP contribution is -2.41. The van der Waals surface area contributed by atoms with Crippen LogP contribution in [0.5, 0.6) is 0 Å². The second-order valence-electron chi connectivity index (χ2n) is 7.21. The van der Waals surface area contributed by atoms with Crippen molar-refractivity contribution in [3.05, 3.63) is 18.2 Å². The minimum absolute atomic E-state index is 0.299. The molecule has 1 unspecified atom stereocenters. The number of nitrogens with zero attached hydrogens (tertiary/aromatic N) is 1. The topological polar surface area (TPSA) is 33.7 Å². The molecular formula is C16H25BN2O2. The lowest BCUT2D eigenvalue weighted by Gasteiger charge is -2.35. The van der Waals surface area contributed by atoms with Crippen molar-refractivity contribution in [2.75, 3.05) is 23.8 Å². The molecule has 1 atom stereocenters. The van der Waals surface area contributed by atoms with Crippen LogP contribution in [0.15, 0.2) is 18.2 Å². The Kier molecular flexibility index (Phi) is 3.26. The van der Waals surface area contributed by atoms with Crippen molar-refractivity contribution in [2.24, 2.45) is 0 Å². The summed E-state index contributed by atoms with van der Waals surface area (Å²) in [5, 5.41) is 3.50. The third-order valence-corrected chi connectivity index (χ3v) is 5.18. The summed E-state index contributed by atoms with van der Waals surface area (Å²) in [6, 6.07) is 6.91. The lowest BCUT2D eigenvalue weighted by molar-refractivity contribution is 0.00578. The van der Waals surface area contributed by atoms with Gasteiger partial charge in [0.2, 0.25) is 0 Å². The van der Waals surface area contributed by atoms with Crippen molar-refractivity contribution in [2.45, 2.75) is 51.9 Å². The molecule has 0 saturated carbocycles. The molecule has 1 aromatic rings. The molecule has 0 radical (unpaired) electrons. The van der Waals surface area contributed by atoms with Crippen molar-refractivity contribution in [1.29, 1.82) is 0 Å². The number of hydrogen-bond acceptors (Lipinski definition) is 4. The smallest absolute Gasteiger partial charge is 0.399 e. The highest BCUT2D eigenvalue weighted by atomic mass is 16.7. The van der Waals surface area contributed by atoms with Crippen LogP contribution < -0.4 is 15.7 Å². The summed E-state index contributed by atoms with van der Waals surface area (Å²) in [5.41, 5.74) is 2.86. The molecule has 21 heavy (non-hydrogen) atoms. The number of likely N-dealkylation sites (N-methyl/N-ethyl adjacent to an activating group) is 1. The molecule has 0 aliphatic carbocycles. The number of rotatable bonds is 1. The van der Waals surface area contributed by atoms with E-state index in [1.165, 1.54) is 5.69 Å². The first-order valence-electron chi connectivity index (χ1n) is 7.67. The van der Waals surface area contributed by atoms with Gasteiger partial charge in [0.05, 0.1) is 22.6 Å². The maximum atomic E-state index is 6.13. The largest absolute Gasteiger partial charge is 0.494 e. The van der Waals surface area contributed by atoms with Gasteiger partial charge in [-0.3, -0.25) is 0 Å². The van der Waals surface area contributed by atoms with E-state index in [-0.39, 0.29) is 18.3 Å². The normalized spacial score (nSPS) is 26.5. The molecule has 0 amide bonds. The fraction of sp³-hybridized carbons (Fsp3) is 0.625. The minimum atomic E-state index is -0.299. The fourth-order valence-corrected chi connectivity index (χ4v) is 2.76. The zero-order valence-corrected chi connectivity index (χ0v) is 13.9. The van der Waals surface area contributed by atoms with E-state index in [0.29, 0.717) is 6.04 Å². The van der Waals surface area contributed by atoms with Gasteiger partial charge in [0.25, 0.3) is 0 Å². The molecule has 1 N–H and O–H groups in total. The highest BCUT2D eigenvalue weighted by Crippen LogP contribution is 2.37. The standard InChI is InChI=1S/C16H25BN2O2/c1-11-10-18-13-9-12(7-8-14(13)19(11)6)17-20-15(2,3)16(4,5)21-17/h7-9,11,18H,10H2,1-6H3. The van der Waals surface area contributed by atoms with Crippen LogP contribution in [-0.4, -0.2) is 38.0 Å². The minimum Gasteiger partial charge on any atom is -0.399 e. The van der Waals surface area contributed by atoms with Gasteiger partial charge in [-0.25, -0.2) is 0 Å². The molecule has 0 bridgehead atoms. The summed E-state index contributed by atoms with van der Waals surface area (Å²) in [7, 11) is 1.84. The van der Waals surface area contributed by atoms with E-state index in [9.17, 15) is 0 Å². The van der Waals surface area contributed by atoms with Gasteiger partial charge in [-0.2, -0.15) is 0 Å². The molecular weight excluding hydrogens is 263 g/mol. The molecule has 0 aromatic heterocycles. The summed E-state index contributed by atoms with van der Waals surface area (Å²) in [4.78, 5) is 2.31. The average molecular weight is 288 g/mol. The van der Waals surface area contributed by atoms with Crippen molar-refractivity contribution in [1.82, 2.24) is 0 Å². The molecule has 3 rings (SSSR count). The third-order valence-electron chi connectivity index (χ3n) is 5.18. The number of hydrogen-bond donors (Lipinski definition) is 1. The van der Waals surface area contributed by atoms with E-state index in [0.717, 1.165) is 17.7 Å². The molecule has 2 aliphatic heterocycles. The fourth-order valence-electron chi connectivity index (χ4n) is 2.76. The van der Waals surface area contributed by atoms with Gasteiger partial charge < -0.3 is 19.5 Å². The SMILES string of the molecule is CC1CNc2cc(B3OC(C)(C)C(C)(C)O3)ccc2N1C. The van der Waals surface area contributed by atoms with Gasteiger partial charge in [-0.1, -0.05) is 6.07 Å². The Hall–Kier alpha value is -1.20. The zero-order chi connectivity index (χ0) is 15.4. The first kappa shape index (κ1) is 14.7. The molecule has 0 spiro atoms. The van der Waals surface area contributed by atoms with Crippen LogP contribution in [0.1, 0.15) is 34.6 Å². The summed E-state index contributed by atoms with van der Waals surface area (Å²) in [6.07, 6.45) is 0. The van der Waals surface area contributed by atoms with E-state index < -0.39 is 0 Å². The summed E-state index contributed by atoms with van der Waals surface area (Å²) < 4.78 is 12.3. The number of fused-ring (bicyclic) bond motifs is 1. The number of anilines is 2. The van der Waals surface area contributed by atoms with Crippen molar-refractivity contribution in [3.63, 3.8) is 0 Å². The molecule has 114 valence electrons. The Morgan fingerprint density at radius 1 is 1.19 bits per heavy atom. The zero-order valence-electron chi connectivity index (χ0n) is 13.9. The van der Waals surface area contributed by atoms with Crippen LogP contribution in [0.4, 0.5) is 11.4 Å².